The molecule has 0 spiro atoms. The molecule has 10 heteroatoms. The van der Waals surface area contributed by atoms with Gasteiger partial charge in [-0.25, -0.2) is 14.4 Å². The Morgan fingerprint density at radius 3 is 2.97 bits per heavy atom. The lowest BCUT2D eigenvalue weighted by Gasteiger charge is -2.17. The second-order valence-corrected chi connectivity index (χ2v) is 8.28. The average Bonchev–Trinajstić information content (AvgIpc) is 3.40. The highest BCUT2D eigenvalue weighted by Gasteiger charge is 2.27. The van der Waals surface area contributed by atoms with Gasteiger partial charge in [0, 0.05) is 36.8 Å². The fourth-order valence-electron chi connectivity index (χ4n) is 3.90. The molecule has 5 rings (SSSR count). The number of aliphatic imine (C=N–C) groups is 1. The van der Waals surface area contributed by atoms with Crippen LogP contribution in [-0.4, -0.2) is 32.5 Å². The van der Waals surface area contributed by atoms with Crippen LogP contribution in [0.25, 0.3) is 0 Å². The lowest BCUT2D eigenvalue weighted by atomic mass is 9.95. The highest BCUT2D eigenvalue weighted by molar-refractivity contribution is 6.31. The summed E-state index contributed by atoms with van der Waals surface area (Å²) < 4.78 is 19.2. The number of hydrogen-bond donors (Lipinski definition) is 1. The summed E-state index contributed by atoms with van der Waals surface area (Å²) >= 11 is 5.84. The van der Waals surface area contributed by atoms with Crippen LogP contribution in [0.5, 0.6) is 0 Å². The van der Waals surface area contributed by atoms with E-state index in [9.17, 15) is 14.0 Å². The van der Waals surface area contributed by atoms with E-state index in [1.807, 2.05) is 6.92 Å². The van der Waals surface area contributed by atoms with E-state index in [4.69, 9.17) is 16.1 Å². The van der Waals surface area contributed by atoms with Crippen LogP contribution in [-0.2, 0) is 17.6 Å². The number of Topliss-reactive ketones (excluding diaryl/α,β-unsaturated/α-hetero) is 1. The SMILES string of the molecule is C[C@@H](CC(=O)c1ncnc2c1CCC(=O)N2)c1cc(C2=Nc3cc(Cl)c(F)cc3C2)no1. The Bertz CT molecular complexity index is 1300. The molecule has 4 heterocycles. The van der Waals surface area contributed by atoms with Crippen LogP contribution >= 0.6 is 11.6 Å². The molecule has 2 aliphatic rings. The first-order valence-corrected chi connectivity index (χ1v) is 10.5. The molecular formula is C22H17ClFN5O3. The molecule has 0 aliphatic carbocycles. The Labute approximate surface area is 186 Å². The molecule has 1 amide bonds. The summed E-state index contributed by atoms with van der Waals surface area (Å²) in [4.78, 5) is 37.2. The zero-order valence-corrected chi connectivity index (χ0v) is 17.7. The van der Waals surface area contributed by atoms with Crippen LogP contribution in [0.3, 0.4) is 0 Å². The van der Waals surface area contributed by atoms with Gasteiger partial charge in [0.1, 0.15) is 35.1 Å². The summed E-state index contributed by atoms with van der Waals surface area (Å²) in [7, 11) is 0. The molecule has 0 saturated carbocycles. The number of ketones is 1. The van der Waals surface area contributed by atoms with Crippen molar-refractivity contribution >= 4 is 40.5 Å². The maximum atomic E-state index is 13.7. The second-order valence-electron chi connectivity index (χ2n) is 7.87. The number of nitrogens with one attached hydrogen (secondary N) is 1. The summed E-state index contributed by atoms with van der Waals surface area (Å²) in [5.41, 5.74) is 3.50. The summed E-state index contributed by atoms with van der Waals surface area (Å²) in [6.45, 7) is 1.86. The Morgan fingerprint density at radius 1 is 1.28 bits per heavy atom. The zero-order chi connectivity index (χ0) is 22.4. The van der Waals surface area contributed by atoms with Gasteiger partial charge in [0.15, 0.2) is 5.78 Å². The van der Waals surface area contributed by atoms with Crippen molar-refractivity contribution in [1.29, 1.82) is 0 Å². The molecule has 2 aromatic heterocycles. The van der Waals surface area contributed by atoms with Crippen molar-refractivity contribution < 1.29 is 18.5 Å². The van der Waals surface area contributed by atoms with Crippen LogP contribution in [0.2, 0.25) is 5.02 Å². The molecule has 0 saturated heterocycles. The minimum Gasteiger partial charge on any atom is -0.360 e. The monoisotopic (exact) mass is 453 g/mol. The molecule has 0 bridgehead atoms. The third-order valence-corrected chi connectivity index (χ3v) is 5.90. The van der Waals surface area contributed by atoms with Gasteiger partial charge in [0.25, 0.3) is 0 Å². The van der Waals surface area contributed by atoms with E-state index in [1.165, 1.54) is 18.5 Å². The Morgan fingerprint density at radius 2 is 2.12 bits per heavy atom. The predicted molar refractivity (Wildman–Crippen MR) is 114 cm³/mol. The fourth-order valence-corrected chi connectivity index (χ4v) is 4.06. The second kappa shape index (κ2) is 7.90. The van der Waals surface area contributed by atoms with Crippen LogP contribution < -0.4 is 5.32 Å². The molecule has 0 fully saturated rings. The minimum absolute atomic E-state index is 0.0215. The fraction of sp³-hybridized carbons (Fsp3) is 0.273. The van der Waals surface area contributed by atoms with Crippen molar-refractivity contribution in [2.24, 2.45) is 4.99 Å². The first kappa shape index (κ1) is 20.4. The molecule has 2 aliphatic heterocycles. The highest BCUT2D eigenvalue weighted by Crippen LogP contribution is 2.34. The van der Waals surface area contributed by atoms with Gasteiger partial charge in [0.2, 0.25) is 5.91 Å². The summed E-state index contributed by atoms with van der Waals surface area (Å²) in [5.74, 6) is -0.109. The Balaban J connectivity index is 1.32. The molecule has 3 aromatic rings. The summed E-state index contributed by atoms with van der Waals surface area (Å²) in [6, 6.07) is 4.61. The lowest BCUT2D eigenvalue weighted by molar-refractivity contribution is -0.116. The van der Waals surface area contributed by atoms with Crippen molar-refractivity contribution in [3.8, 4) is 0 Å². The van der Waals surface area contributed by atoms with Crippen LogP contribution in [0, 0.1) is 5.82 Å². The zero-order valence-electron chi connectivity index (χ0n) is 17.0. The maximum absolute atomic E-state index is 13.7. The first-order valence-electron chi connectivity index (χ1n) is 10.1. The van der Waals surface area contributed by atoms with E-state index in [0.717, 1.165) is 5.56 Å². The van der Waals surface area contributed by atoms with E-state index in [2.05, 4.69) is 25.4 Å². The molecule has 162 valence electrons. The first-order chi connectivity index (χ1) is 15.4. The number of amides is 1. The lowest BCUT2D eigenvalue weighted by Crippen LogP contribution is -2.23. The standard InChI is InChI=1S/C22H17ClFN5O3/c1-10(4-18(30)21-12-2-3-20(31)28-22(12)26-9-25-21)19-8-17(29-32-19)16-6-11-5-14(24)13(23)7-15(11)27-16/h5,7-10H,2-4,6H2,1H3,(H,25,26,28,31)/t10-/m0/s1. The normalized spacial score (nSPS) is 15.6. The third-order valence-electron chi connectivity index (χ3n) is 5.61. The topological polar surface area (TPSA) is 110 Å². The number of anilines is 1. The van der Waals surface area contributed by atoms with Crippen molar-refractivity contribution in [2.45, 2.75) is 38.5 Å². The van der Waals surface area contributed by atoms with Crippen molar-refractivity contribution in [3.63, 3.8) is 0 Å². The number of fused-ring (bicyclic) bond motifs is 2. The molecule has 1 N–H and O–H groups in total. The minimum atomic E-state index is -0.485. The van der Waals surface area contributed by atoms with Crippen molar-refractivity contribution in [1.82, 2.24) is 15.1 Å². The van der Waals surface area contributed by atoms with Gasteiger partial charge >= 0.3 is 0 Å². The summed E-state index contributed by atoms with van der Waals surface area (Å²) in [5, 5.41) is 6.78. The van der Waals surface area contributed by atoms with E-state index in [1.54, 1.807) is 6.07 Å². The van der Waals surface area contributed by atoms with Gasteiger partial charge < -0.3 is 9.84 Å². The molecule has 1 atom stereocenters. The number of carbonyl (C=O) groups excluding carboxylic acids is 2. The molecule has 0 unspecified atom stereocenters. The summed E-state index contributed by atoms with van der Waals surface area (Å²) in [6.07, 6.45) is 2.57. The van der Waals surface area contributed by atoms with E-state index >= 15 is 0 Å². The van der Waals surface area contributed by atoms with Gasteiger partial charge in [-0.3, -0.25) is 14.6 Å². The van der Waals surface area contributed by atoms with Crippen LogP contribution in [0.1, 0.15) is 58.8 Å². The molecule has 32 heavy (non-hydrogen) atoms. The van der Waals surface area contributed by atoms with Gasteiger partial charge in [-0.05, 0) is 24.1 Å². The molecule has 0 radical (unpaired) electrons. The van der Waals surface area contributed by atoms with Gasteiger partial charge in [-0.1, -0.05) is 23.7 Å². The number of halogens is 2. The number of benzene rings is 1. The Hall–Kier alpha value is -3.46. The number of hydrogen-bond acceptors (Lipinski definition) is 7. The van der Waals surface area contributed by atoms with E-state index in [0.29, 0.717) is 59.2 Å². The average molecular weight is 454 g/mol. The molecular weight excluding hydrogens is 437 g/mol. The maximum Gasteiger partial charge on any atom is 0.225 e. The van der Waals surface area contributed by atoms with Crippen molar-refractivity contribution in [3.05, 3.63) is 63.6 Å². The van der Waals surface area contributed by atoms with Crippen molar-refractivity contribution in [2.75, 3.05) is 5.32 Å². The van der Waals surface area contributed by atoms with Gasteiger partial charge in [-0.2, -0.15) is 0 Å². The number of rotatable bonds is 5. The van der Waals surface area contributed by atoms with E-state index in [-0.39, 0.29) is 29.1 Å². The number of nitrogens with zero attached hydrogens (tertiary/aromatic N) is 4. The number of carbonyl (C=O) groups is 2. The molecule has 8 nitrogen and oxygen atoms in total. The predicted octanol–water partition coefficient (Wildman–Crippen LogP) is 4.20. The van der Waals surface area contributed by atoms with Crippen LogP contribution in [0.4, 0.5) is 15.9 Å². The highest BCUT2D eigenvalue weighted by atomic mass is 35.5. The number of aromatic nitrogens is 3. The van der Waals surface area contributed by atoms with E-state index < -0.39 is 5.82 Å². The van der Waals surface area contributed by atoms with Crippen LogP contribution in [0.15, 0.2) is 34.0 Å². The smallest absolute Gasteiger partial charge is 0.225 e. The van der Waals surface area contributed by atoms with Gasteiger partial charge in [-0.15, -0.1) is 0 Å². The van der Waals surface area contributed by atoms with Gasteiger partial charge in [0.05, 0.1) is 16.4 Å². The molecule has 1 aromatic carbocycles. The quantitative estimate of drug-likeness (QED) is 0.580. The Kier molecular flexibility index (Phi) is 5.05. The third kappa shape index (κ3) is 3.69. The largest absolute Gasteiger partial charge is 0.360 e.